The third kappa shape index (κ3) is 5.28. The van der Waals surface area contributed by atoms with Gasteiger partial charge in [0.05, 0.1) is 14.9 Å². The molecule has 2 aromatic heterocycles. The topological polar surface area (TPSA) is 17.8 Å². The van der Waals surface area contributed by atoms with E-state index in [1.807, 2.05) is 48.7 Å². The highest BCUT2D eigenvalue weighted by atomic mass is 35.5. The minimum absolute atomic E-state index is 0.467. The van der Waals surface area contributed by atoms with Gasteiger partial charge in [-0.05, 0) is 42.7 Å². The van der Waals surface area contributed by atoms with E-state index in [1.165, 1.54) is 9.77 Å². The van der Waals surface area contributed by atoms with E-state index in [0.29, 0.717) is 5.25 Å². The largest absolute Gasteiger partial charge is 0.336 e. The molecule has 0 amide bonds. The Morgan fingerprint density at radius 1 is 1.13 bits per heavy atom. The molecule has 0 aliphatic carbocycles. The van der Waals surface area contributed by atoms with E-state index in [4.69, 9.17) is 23.2 Å². The molecule has 3 aromatic rings. The van der Waals surface area contributed by atoms with Gasteiger partial charge in [-0.25, -0.2) is 4.98 Å². The normalized spacial score (nSPS) is 12.4. The zero-order valence-corrected chi connectivity index (χ0v) is 15.5. The molecule has 2 nitrogen and oxygen atoms in total. The fourth-order valence-corrected chi connectivity index (χ4v) is 5.19. The van der Waals surface area contributed by atoms with E-state index in [1.54, 1.807) is 11.3 Å². The molecule has 6 heteroatoms. The zero-order valence-electron chi connectivity index (χ0n) is 12.4. The molecule has 1 aromatic carbocycles. The summed E-state index contributed by atoms with van der Waals surface area (Å²) < 4.78 is 4.23. The van der Waals surface area contributed by atoms with Crippen molar-refractivity contribution in [3.05, 3.63) is 70.0 Å². The SMILES string of the molecule is Clc1ccc(CCC(Cn2ccnc2)Sc2ccc(Cl)s2)cc1. The van der Waals surface area contributed by atoms with E-state index < -0.39 is 0 Å². The van der Waals surface area contributed by atoms with Crippen molar-refractivity contribution in [1.29, 1.82) is 0 Å². The fourth-order valence-electron chi connectivity index (χ4n) is 2.32. The Morgan fingerprint density at radius 2 is 1.96 bits per heavy atom. The van der Waals surface area contributed by atoms with Gasteiger partial charge in [-0.2, -0.15) is 0 Å². The summed E-state index contributed by atoms with van der Waals surface area (Å²) in [4.78, 5) is 4.13. The number of benzene rings is 1. The minimum Gasteiger partial charge on any atom is -0.336 e. The van der Waals surface area contributed by atoms with Gasteiger partial charge < -0.3 is 4.57 Å². The molecular weight excluding hydrogens is 367 g/mol. The molecule has 120 valence electrons. The van der Waals surface area contributed by atoms with Gasteiger partial charge in [0, 0.05) is 29.2 Å². The molecule has 1 atom stereocenters. The van der Waals surface area contributed by atoms with Crippen molar-refractivity contribution in [2.45, 2.75) is 28.8 Å². The van der Waals surface area contributed by atoms with Crippen LogP contribution in [0, 0.1) is 0 Å². The van der Waals surface area contributed by atoms with Crippen molar-refractivity contribution in [1.82, 2.24) is 9.55 Å². The number of thioether (sulfide) groups is 1. The first-order valence-corrected chi connectivity index (χ1v) is 9.76. The minimum atomic E-state index is 0.467. The van der Waals surface area contributed by atoms with Crippen LogP contribution in [0.5, 0.6) is 0 Å². The fraction of sp³-hybridized carbons (Fsp3) is 0.235. The Balaban J connectivity index is 1.65. The summed E-state index contributed by atoms with van der Waals surface area (Å²) in [5, 5.41) is 1.25. The molecule has 0 fully saturated rings. The molecule has 0 bridgehead atoms. The number of halogens is 2. The Hall–Kier alpha value is -0.940. The number of imidazole rings is 1. The third-order valence-electron chi connectivity index (χ3n) is 3.47. The maximum Gasteiger partial charge on any atom is 0.0946 e. The molecule has 0 aliphatic heterocycles. The molecule has 0 aliphatic rings. The maximum absolute atomic E-state index is 6.05. The van der Waals surface area contributed by atoms with E-state index in [0.717, 1.165) is 28.7 Å². The van der Waals surface area contributed by atoms with Crippen molar-refractivity contribution in [2.75, 3.05) is 0 Å². The van der Waals surface area contributed by atoms with Gasteiger partial charge in [-0.15, -0.1) is 23.1 Å². The lowest BCUT2D eigenvalue weighted by Gasteiger charge is -2.16. The molecule has 0 saturated carbocycles. The van der Waals surface area contributed by atoms with E-state index in [9.17, 15) is 0 Å². The van der Waals surface area contributed by atoms with Crippen LogP contribution < -0.4 is 0 Å². The highest BCUT2D eigenvalue weighted by molar-refractivity contribution is 8.01. The summed E-state index contributed by atoms with van der Waals surface area (Å²) >= 11 is 15.5. The first-order valence-electron chi connectivity index (χ1n) is 7.31. The quantitative estimate of drug-likeness (QED) is 0.463. The first-order chi connectivity index (χ1) is 11.2. The molecule has 0 saturated heterocycles. The Bertz CT molecular complexity index is 723. The highest BCUT2D eigenvalue weighted by Crippen LogP contribution is 2.35. The highest BCUT2D eigenvalue weighted by Gasteiger charge is 2.13. The van der Waals surface area contributed by atoms with Crippen LogP contribution in [0.25, 0.3) is 0 Å². The summed E-state index contributed by atoms with van der Waals surface area (Å²) in [5.74, 6) is 0. The molecule has 0 radical (unpaired) electrons. The van der Waals surface area contributed by atoms with Gasteiger partial charge in [-0.3, -0.25) is 0 Å². The molecule has 23 heavy (non-hydrogen) atoms. The number of hydrogen-bond donors (Lipinski definition) is 0. The molecule has 0 spiro atoms. The second kappa shape index (κ2) is 8.25. The Morgan fingerprint density at radius 3 is 2.61 bits per heavy atom. The number of nitrogens with zero attached hydrogens (tertiary/aromatic N) is 2. The second-order valence-electron chi connectivity index (χ2n) is 5.22. The lowest BCUT2D eigenvalue weighted by molar-refractivity contribution is 0.624. The smallest absolute Gasteiger partial charge is 0.0946 e. The van der Waals surface area contributed by atoms with Crippen LogP contribution in [0.1, 0.15) is 12.0 Å². The van der Waals surface area contributed by atoms with E-state index in [2.05, 4.69) is 27.8 Å². The zero-order chi connectivity index (χ0) is 16.1. The van der Waals surface area contributed by atoms with E-state index in [-0.39, 0.29) is 0 Å². The van der Waals surface area contributed by atoms with Crippen molar-refractivity contribution >= 4 is 46.3 Å². The standard InChI is InChI=1S/C17H16Cl2N2S2/c18-14-4-1-13(2-5-14)3-6-15(11-21-10-9-20-12-21)22-17-8-7-16(19)23-17/h1-2,4-5,7-10,12,15H,3,6,11H2. The predicted molar refractivity (Wildman–Crippen MR) is 101 cm³/mol. The number of aryl methyl sites for hydroxylation is 1. The Kier molecular flexibility index (Phi) is 6.06. The molecular formula is C17H16Cl2N2S2. The van der Waals surface area contributed by atoms with Crippen LogP contribution in [0.2, 0.25) is 9.36 Å². The first kappa shape index (κ1) is 16.9. The summed E-state index contributed by atoms with van der Waals surface area (Å²) in [6.07, 6.45) is 7.82. The number of thiophene rings is 1. The number of rotatable bonds is 7. The lowest BCUT2D eigenvalue weighted by Crippen LogP contribution is -2.13. The van der Waals surface area contributed by atoms with Gasteiger partial charge >= 0.3 is 0 Å². The molecule has 3 rings (SSSR count). The van der Waals surface area contributed by atoms with Crippen LogP contribution in [-0.2, 0) is 13.0 Å². The monoisotopic (exact) mass is 382 g/mol. The van der Waals surface area contributed by atoms with Gasteiger partial charge in [0.1, 0.15) is 0 Å². The maximum atomic E-state index is 6.05. The average Bonchev–Trinajstić information content (AvgIpc) is 3.18. The van der Waals surface area contributed by atoms with Crippen LogP contribution in [-0.4, -0.2) is 14.8 Å². The van der Waals surface area contributed by atoms with Crippen LogP contribution >= 0.6 is 46.3 Å². The molecule has 1 unspecified atom stereocenters. The summed E-state index contributed by atoms with van der Waals surface area (Å²) in [7, 11) is 0. The van der Waals surface area contributed by atoms with E-state index >= 15 is 0 Å². The molecule has 2 heterocycles. The van der Waals surface area contributed by atoms with Crippen molar-refractivity contribution in [2.24, 2.45) is 0 Å². The summed E-state index contributed by atoms with van der Waals surface area (Å²) in [5.41, 5.74) is 1.31. The van der Waals surface area contributed by atoms with Crippen molar-refractivity contribution < 1.29 is 0 Å². The second-order valence-corrected chi connectivity index (χ2v) is 8.98. The van der Waals surface area contributed by atoms with Gasteiger partial charge in [0.25, 0.3) is 0 Å². The summed E-state index contributed by atoms with van der Waals surface area (Å²) in [6.45, 7) is 0.938. The lowest BCUT2D eigenvalue weighted by atomic mass is 10.1. The number of hydrogen-bond acceptors (Lipinski definition) is 3. The number of aromatic nitrogens is 2. The molecule has 0 N–H and O–H groups in total. The third-order valence-corrected chi connectivity index (χ3v) is 6.38. The van der Waals surface area contributed by atoms with Crippen molar-refractivity contribution in [3.63, 3.8) is 0 Å². The van der Waals surface area contributed by atoms with Crippen molar-refractivity contribution in [3.8, 4) is 0 Å². The summed E-state index contributed by atoms with van der Waals surface area (Å²) in [6, 6.07) is 12.2. The Labute approximate surface area is 154 Å². The van der Waals surface area contributed by atoms with Gasteiger partial charge in [-0.1, -0.05) is 35.3 Å². The van der Waals surface area contributed by atoms with Crippen LogP contribution in [0.15, 0.2) is 59.3 Å². The van der Waals surface area contributed by atoms with Gasteiger partial charge in [0.15, 0.2) is 0 Å². The van der Waals surface area contributed by atoms with Crippen LogP contribution in [0.4, 0.5) is 0 Å². The average molecular weight is 383 g/mol. The predicted octanol–water partition coefficient (Wildman–Crippen LogP) is 6.05. The van der Waals surface area contributed by atoms with Gasteiger partial charge in [0.2, 0.25) is 0 Å². The van der Waals surface area contributed by atoms with Crippen LogP contribution in [0.3, 0.4) is 0 Å².